The van der Waals surface area contributed by atoms with Crippen LogP contribution in [0, 0.1) is 34.5 Å². The van der Waals surface area contributed by atoms with Crippen molar-refractivity contribution in [2.45, 2.75) is 53.4 Å². The molecular weight excluding hydrogens is 484 g/mol. The summed E-state index contributed by atoms with van der Waals surface area (Å²) in [7, 11) is 0. The number of carbonyl (C=O) groups excluding carboxylic acids is 2. The predicted octanol–water partition coefficient (Wildman–Crippen LogP) is 5.29. The van der Waals surface area contributed by atoms with Crippen LogP contribution in [0.4, 0.5) is 11.6 Å². The van der Waals surface area contributed by atoms with E-state index in [1.165, 1.54) is 11.1 Å². The lowest BCUT2D eigenvalue weighted by atomic mass is 9.52. The van der Waals surface area contributed by atoms with Gasteiger partial charge in [-0.15, -0.1) is 0 Å². The Morgan fingerprint density at radius 1 is 1.18 bits per heavy atom. The Morgan fingerprint density at radius 3 is 2.74 bits per heavy atom. The van der Waals surface area contributed by atoms with Crippen LogP contribution in [0.25, 0.3) is 0 Å². The van der Waals surface area contributed by atoms with Crippen LogP contribution in [0.3, 0.4) is 0 Å². The molecule has 39 heavy (non-hydrogen) atoms. The molecule has 4 aliphatic carbocycles. The van der Waals surface area contributed by atoms with Crippen molar-refractivity contribution in [3.63, 3.8) is 0 Å². The first-order chi connectivity index (χ1) is 18.7. The van der Waals surface area contributed by atoms with Gasteiger partial charge in [0.05, 0.1) is 6.54 Å². The Hall–Kier alpha value is -2.73. The monoisotopic (exact) mass is 528 g/mol. The average Bonchev–Trinajstić information content (AvgIpc) is 3.20. The van der Waals surface area contributed by atoms with Crippen LogP contribution in [0.2, 0.25) is 0 Å². The van der Waals surface area contributed by atoms with Crippen molar-refractivity contribution >= 4 is 23.2 Å². The highest BCUT2D eigenvalue weighted by molar-refractivity contribution is 6.01. The van der Waals surface area contributed by atoms with Crippen molar-refractivity contribution in [3.05, 3.63) is 53.6 Å². The third-order valence-electron chi connectivity index (χ3n) is 10.8. The zero-order valence-corrected chi connectivity index (χ0v) is 24.1. The molecule has 0 bridgehead atoms. The van der Waals surface area contributed by atoms with Gasteiger partial charge in [-0.1, -0.05) is 43.2 Å². The molecule has 2 saturated carbocycles. The summed E-state index contributed by atoms with van der Waals surface area (Å²) in [4.78, 5) is 35.5. The zero-order valence-electron chi connectivity index (χ0n) is 24.1. The number of aromatic nitrogens is 1. The van der Waals surface area contributed by atoms with Crippen LogP contribution in [-0.2, 0) is 9.59 Å². The molecule has 0 amide bonds. The molecule has 1 unspecified atom stereocenters. The topological polar surface area (TPSA) is 65.5 Å². The van der Waals surface area contributed by atoms with Crippen molar-refractivity contribution in [1.82, 2.24) is 9.88 Å². The summed E-state index contributed by atoms with van der Waals surface area (Å²) in [5.74, 6) is 4.08. The molecule has 6 nitrogen and oxygen atoms in total. The number of ketones is 2. The van der Waals surface area contributed by atoms with Gasteiger partial charge in [0.25, 0.3) is 0 Å². The molecule has 0 aromatic carbocycles. The summed E-state index contributed by atoms with van der Waals surface area (Å²) in [6.45, 7) is 14.1. The number of pyridine rings is 1. The highest BCUT2D eigenvalue weighted by Crippen LogP contribution is 2.65. The molecule has 1 aromatic heterocycles. The number of carbonyl (C=O) groups is 2. The molecule has 5 aliphatic rings. The third-order valence-corrected chi connectivity index (χ3v) is 10.8. The number of piperazine rings is 1. The molecule has 0 radical (unpaired) electrons. The van der Waals surface area contributed by atoms with Gasteiger partial charge in [-0.25, -0.2) is 4.98 Å². The van der Waals surface area contributed by atoms with Crippen molar-refractivity contribution in [3.8, 4) is 0 Å². The number of Topliss-reactive ketones (excluding diaryl/α,β-unsaturated/α-hetero) is 1. The maximum atomic E-state index is 14.0. The minimum absolute atomic E-state index is 0.0227. The second-order valence-corrected chi connectivity index (χ2v) is 13.1. The lowest BCUT2D eigenvalue weighted by Gasteiger charge is -2.52. The van der Waals surface area contributed by atoms with Crippen LogP contribution in [0.5, 0.6) is 0 Å². The molecule has 1 N–H and O–H groups in total. The molecule has 0 spiro atoms. The van der Waals surface area contributed by atoms with Gasteiger partial charge in [-0.05, 0) is 87.0 Å². The molecule has 2 heterocycles. The fourth-order valence-corrected chi connectivity index (χ4v) is 8.91. The van der Waals surface area contributed by atoms with E-state index in [2.05, 4.69) is 67.1 Å². The second kappa shape index (κ2) is 10.0. The number of nitrogens with one attached hydrogen (secondary N) is 1. The molecule has 1 aromatic rings. The minimum atomic E-state index is -0.121. The largest absolute Gasteiger partial charge is 0.370 e. The highest BCUT2D eigenvalue weighted by Gasteiger charge is 2.59. The van der Waals surface area contributed by atoms with E-state index < -0.39 is 0 Å². The SMILES string of the molecule is CCNc1cccc(N2CCN(CC(=O)[C@H]3C(C)C[C@H]4[C@@H]5CCC6=CC(=O)C=C[C@]6(C)C5=CC[C@]34C)CC2)n1. The van der Waals surface area contributed by atoms with Gasteiger partial charge in [0.1, 0.15) is 11.6 Å². The maximum absolute atomic E-state index is 14.0. The standard InChI is InChI=1S/C33H44N4O2/c1-5-34-29-7-6-8-30(35-29)37-17-15-36(16-18-37)21-28(39)31-22(2)19-27-25-10-9-23-20-24(38)11-13-32(23,3)26(25)12-14-33(27,31)4/h6-8,11-13,20,22,25,27,31H,5,9-10,14-19,21H2,1-4H3,(H,34,35)/t22?,25-,27+,31-,32+,33+/m1/s1. The molecule has 1 aliphatic heterocycles. The summed E-state index contributed by atoms with van der Waals surface area (Å²) in [6, 6.07) is 6.16. The van der Waals surface area contributed by atoms with E-state index in [1.807, 2.05) is 12.1 Å². The lowest BCUT2D eigenvalue weighted by Crippen LogP contribution is -2.50. The minimum Gasteiger partial charge on any atom is -0.370 e. The molecular formula is C33H44N4O2. The zero-order chi connectivity index (χ0) is 27.4. The summed E-state index contributed by atoms with van der Waals surface area (Å²) >= 11 is 0. The first-order valence-corrected chi connectivity index (χ1v) is 15.1. The Labute approximate surface area is 233 Å². The predicted molar refractivity (Wildman–Crippen MR) is 157 cm³/mol. The van der Waals surface area contributed by atoms with Crippen molar-refractivity contribution < 1.29 is 9.59 Å². The number of fused-ring (bicyclic) bond motifs is 5. The van der Waals surface area contributed by atoms with Crippen LogP contribution < -0.4 is 10.2 Å². The lowest BCUT2D eigenvalue weighted by molar-refractivity contribution is -0.129. The van der Waals surface area contributed by atoms with Gasteiger partial charge in [-0.3, -0.25) is 14.5 Å². The number of nitrogens with zero attached hydrogens (tertiary/aromatic N) is 3. The molecule has 1 saturated heterocycles. The smallest absolute Gasteiger partial charge is 0.178 e. The van der Waals surface area contributed by atoms with Gasteiger partial charge in [0.2, 0.25) is 0 Å². The molecule has 3 fully saturated rings. The molecule has 208 valence electrons. The average molecular weight is 529 g/mol. The molecule has 6 heteroatoms. The van der Waals surface area contributed by atoms with Gasteiger partial charge in [0.15, 0.2) is 11.6 Å². The molecule has 6 rings (SSSR count). The van der Waals surface area contributed by atoms with E-state index in [1.54, 1.807) is 6.08 Å². The number of hydrogen-bond donors (Lipinski definition) is 1. The van der Waals surface area contributed by atoms with Gasteiger partial charge >= 0.3 is 0 Å². The number of anilines is 2. The van der Waals surface area contributed by atoms with E-state index in [4.69, 9.17) is 4.98 Å². The van der Waals surface area contributed by atoms with Crippen LogP contribution in [0.15, 0.2) is 53.6 Å². The number of hydrogen-bond acceptors (Lipinski definition) is 6. The van der Waals surface area contributed by atoms with Gasteiger partial charge in [0, 0.05) is 44.1 Å². The first kappa shape index (κ1) is 26.5. The summed E-state index contributed by atoms with van der Waals surface area (Å²) in [6.07, 6.45) is 12.5. The summed E-state index contributed by atoms with van der Waals surface area (Å²) in [5, 5.41) is 3.30. The van der Waals surface area contributed by atoms with Gasteiger partial charge < -0.3 is 10.2 Å². The van der Waals surface area contributed by atoms with Crippen molar-refractivity contribution in [2.24, 2.45) is 34.5 Å². The quantitative estimate of drug-likeness (QED) is 0.506. The van der Waals surface area contributed by atoms with Crippen molar-refractivity contribution in [1.29, 1.82) is 0 Å². The fourth-order valence-electron chi connectivity index (χ4n) is 8.91. The maximum Gasteiger partial charge on any atom is 0.178 e. The summed E-state index contributed by atoms with van der Waals surface area (Å²) in [5.41, 5.74) is 2.69. The Bertz CT molecular complexity index is 1240. The molecule has 6 atom stereocenters. The Balaban J connectivity index is 1.13. The number of rotatable bonds is 6. The van der Waals surface area contributed by atoms with Crippen molar-refractivity contribution in [2.75, 3.05) is 49.5 Å². The van der Waals surface area contributed by atoms with E-state index in [0.29, 0.717) is 30.1 Å². The normalized spacial score (nSPS) is 36.0. The van der Waals surface area contributed by atoms with E-state index in [0.717, 1.165) is 70.0 Å². The van der Waals surface area contributed by atoms with E-state index in [-0.39, 0.29) is 22.5 Å². The van der Waals surface area contributed by atoms with E-state index in [9.17, 15) is 9.59 Å². The Kier molecular flexibility index (Phi) is 6.81. The van der Waals surface area contributed by atoms with Gasteiger partial charge in [-0.2, -0.15) is 0 Å². The second-order valence-electron chi connectivity index (χ2n) is 13.1. The summed E-state index contributed by atoms with van der Waals surface area (Å²) < 4.78 is 0. The Morgan fingerprint density at radius 2 is 1.97 bits per heavy atom. The van der Waals surface area contributed by atoms with Crippen LogP contribution >= 0.6 is 0 Å². The number of allylic oxidation sites excluding steroid dienone is 6. The van der Waals surface area contributed by atoms with Crippen LogP contribution in [0.1, 0.15) is 53.4 Å². The van der Waals surface area contributed by atoms with Crippen LogP contribution in [-0.4, -0.2) is 60.7 Å². The van der Waals surface area contributed by atoms with E-state index >= 15 is 0 Å². The highest BCUT2D eigenvalue weighted by atomic mass is 16.1. The third kappa shape index (κ3) is 4.49. The fraction of sp³-hybridized carbons (Fsp3) is 0.606. The first-order valence-electron chi connectivity index (χ1n) is 15.1.